The Hall–Kier alpha value is -1.24. The molecule has 0 aliphatic heterocycles. The van der Waals surface area contributed by atoms with Crippen molar-refractivity contribution in [3.63, 3.8) is 0 Å². The highest BCUT2D eigenvalue weighted by Crippen LogP contribution is 2.36. The first-order valence-electron chi connectivity index (χ1n) is 8.15. The summed E-state index contributed by atoms with van der Waals surface area (Å²) in [5.41, 5.74) is 3.43. The van der Waals surface area contributed by atoms with E-state index in [2.05, 4.69) is 5.32 Å². The number of amides is 3. The molecule has 30 heavy (non-hydrogen) atoms. The monoisotopic (exact) mass is 757 g/mol. The van der Waals surface area contributed by atoms with Crippen LogP contribution in [-0.2, 0) is 23.9 Å². The molecule has 3 N–H and O–H groups in total. The summed E-state index contributed by atoms with van der Waals surface area (Å²) in [6.45, 7) is 3.44. The average Bonchev–Trinajstić information content (AvgIpc) is 2.64. The normalized spacial score (nSPS) is 14.5. The Balaban J connectivity index is 3.49. The number of benzene rings is 1. The van der Waals surface area contributed by atoms with Crippen molar-refractivity contribution in [2.45, 2.75) is 34.7 Å². The van der Waals surface area contributed by atoms with E-state index in [1.807, 2.05) is 0 Å². The summed E-state index contributed by atoms with van der Waals surface area (Å²) in [6.07, 6.45) is 0. The fourth-order valence-electron chi connectivity index (χ4n) is 2.36. The highest BCUT2D eigenvalue weighted by atomic mass is 127. The molecule has 0 fully saturated rings. The molecule has 0 radical (unpaired) electrons. The molecule has 0 saturated carbocycles. The van der Waals surface area contributed by atoms with Gasteiger partial charge in [-0.15, -0.1) is 0 Å². The van der Waals surface area contributed by atoms with Gasteiger partial charge in [0.25, 0.3) is 11.6 Å². The molecular weight excluding hydrogens is 739 g/mol. The third-order valence-corrected chi connectivity index (χ3v) is 8.18. The number of nitrogens with two attached hydrogens (primary N) is 1. The van der Waals surface area contributed by atoms with E-state index in [0.717, 1.165) is 17.0 Å². The maximum atomic E-state index is 13.1. The Kier molecular flexibility index (Phi) is 10.2. The summed E-state index contributed by atoms with van der Waals surface area (Å²) >= 11 is 5.12. The van der Waals surface area contributed by atoms with Gasteiger partial charge in [-0.2, -0.15) is 0 Å². The van der Waals surface area contributed by atoms with E-state index < -0.39 is 43.5 Å². The molecule has 0 aromatic heterocycles. The van der Waals surface area contributed by atoms with Crippen LogP contribution in [0.2, 0.25) is 0 Å². The van der Waals surface area contributed by atoms with E-state index in [0.29, 0.717) is 0 Å². The molecule has 0 aliphatic rings. The van der Waals surface area contributed by atoms with Crippen molar-refractivity contribution >= 4 is 97.7 Å². The van der Waals surface area contributed by atoms with Gasteiger partial charge in [0.2, 0.25) is 15.9 Å². The standard InChI is InChI=1S/C17H18I3N3O7/c1-8(24)22-17(30-10(3)26,16(19)29-9(2)25)15(18)23(20)14(28)12-7-5-4-6-11(12)13(21)27/h4-7,15-16H,1-3H3,(H2,21,27)(H,22,24). The van der Waals surface area contributed by atoms with Crippen LogP contribution in [0.3, 0.4) is 0 Å². The van der Waals surface area contributed by atoms with Gasteiger partial charge in [-0.3, -0.25) is 27.1 Å². The number of ether oxygens (including phenoxy) is 2. The van der Waals surface area contributed by atoms with E-state index in [1.54, 1.807) is 80.2 Å². The molecule has 3 atom stereocenters. The van der Waals surface area contributed by atoms with Crippen LogP contribution in [0.25, 0.3) is 0 Å². The zero-order valence-electron chi connectivity index (χ0n) is 16.0. The molecule has 10 nitrogen and oxygen atoms in total. The summed E-state index contributed by atoms with van der Waals surface area (Å²) in [7, 11) is 0. The number of halogens is 3. The molecule has 164 valence electrons. The second-order valence-electron chi connectivity index (χ2n) is 5.86. The number of hydrogen-bond donors (Lipinski definition) is 2. The number of nitrogens with zero attached hydrogens (tertiary/aromatic N) is 1. The molecule has 1 aromatic rings. The molecule has 1 rings (SSSR count). The van der Waals surface area contributed by atoms with Gasteiger partial charge in [-0.25, -0.2) is 0 Å². The van der Waals surface area contributed by atoms with Gasteiger partial charge in [-0.05, 0) is 34.7 Å². The predicted molar refractivity (Wildman–Crippen MR) is 131 cm³/mol. The highest BCUT2D eigenvalue weighted by molar-refractivity contribution is 14.1. The van der Waals surface area contributed by atoms with Crippen molar-refractivity contribution in [3.8, 4) is 0 Å². The molecule has 3 amide bonds. The largest absolute Gasteiger partial charge is 0.445 e. The van der Waals surface area contributed by atoms with Gasteiger partial charge in [0.1, 0.15) is 0 Å². The third-order valence-electron chi connectivity index (χ3n) is 3.46. The summed E-state index contributed by atoms with van der Waals surface area (Å²) < 4.78 is 9.43. The summed E-state index contributed by atoms with van der Waals surface area (Å²) in [5, 5.41) is 2.49. The lowest BCUT2D eigenvalue weighted by molar-refractivity contribution is -0.180. The minimum Gasteiger partial charge on any atom is -0.445 e. The lowest BCUT2D eigenvalue weighted by Crippen LogP contribution is -2.66. The van der Waals surface area contributed by atoms with Crippen molar-refractivity contribution < 1.29 is 33.4 Å². The molecule has 0 bridgehead atoms. The summed E-state index contributed by atoms with van der Waals surface area (Å²) in [4.78, 5) is 60.1. The first kappa shape index (κ1) is 26.8. The van der Waals surface area contributed by atoms with Crippen LogP contribution in [0.5, 0.6) is 0 Å². The van der Waals surface area contributed by atoms with Crippen LogP contribution >= 0.6 is 68.0 Å². The van der Waals surface area contributed by atoms with Crippen LogP contribution in [0.15, 0.2) is 24.3 Å². The first-order chi connectivity index (χ1) is 13.8. The van der Waals surface area contributed by atoms with Gasteiger partial charge in [0, 0.05) is 20.8 Å². The number of hydrogen-bond acceptors (Lipinski definition) is 7. The van der Waals surface area contributed by atoms with E-state index in [-0.39, 0.29) is 11.1 Å². The molecule has 0 aliphatic carbocycles. The van der Waals surface area contributed by atoms with Gasteiger partial charge in [0.15, 0.2) is 4.05 Å². The summed E-state index contributed by atoms with van der Waals surface area (Å²) in [6, 6.07) is 5.92. The number of rotatable bonds is 8. The zero-order valence-corrected chi connectivity index (χ0v) is 22.5. The lowest BCUT2D eigenvalue weighted by Gasteiger charge is -2.42. The second kappa shape index (κ2) is 11.4. The minimum atomic E-state index is -1.93. The van der Waals surface area contributed by atoms with Crippen molar-refractivity contribution in [2.24, 2.45) is 5.73 Å². The Labute approximate surface area is 213 Å². The van der Waals surface area contributed by atoms with Crippen molar-refractivity contribution in [1.82, 2.24) is 8.43 Å². The molecule has 0 spiro atoms. The van der Waals surface area contributed by atoms with E-state index in [9.17, 15) is 24.0 Å². The zero-order chi connectivity index (χ0) is 23.2. The molecule has 0 heterocycles. The average molecular weight is 757 g/mol. The van der Waals surface area contributed by atoms with Crippen LogP contribution in [0.1, 0.15) is 41.5 Å². The number of alkyl halides is 2. The fraction of sp³-hybridized carbons (Fsp3) is 0.353. The predicted octanol–water partition coefficient (Wildman–Crippen LogP) is 2.06. The molecule has 0 saturated heterocycles. The number of carbonyl (C=O) groups is 5. The van der Waals surface area contributed by atoms with Gasteiger partial charge in [-0.1, -0.05) is 34.7 Å². The number of esters is 2. The van der Waals surface area contributed by atoms with Gasteiger partial charge < -0.3 is 20.5 Å². The van der Waals surface area contributed by atoms with Gasteiger partial charge >= 0.3 is 11.9 Å². The van der Waals surface area contributed by atoms with Crippen LogP contribution < -0.4 is 11.1 Å². The highest BCUT2D eigenvalue weighted by Gasteiger charge is 2.53. The van der Waals surface area contributed by atoms with Crippen LogP contribution in [0, 0.1) is 0 Å². The van der Waals surface area contributed by atoms with Crippen molar-refractivity contribution in [3.05, 3.63) is 35.4 Å². The smallest absolute Gasteiger partial charge is 0.305 e. The molecule has 1 aromatic carbocycles. The first-order valence-corrected chi connectivity index (χ1v) is 11.6. The Bertz CT molecular complexity index is 849. The Morgan fingerprint density at radius 1 is 1.03 bits per heavy atom. The van der Waals surface area contributed by atoms with Crippen LogP contribution in [-0.4, -0.2) is 46.7 Å². The second-order valence-corrected chi connectivity index (χ2v) is 9.21. The van der Waals surface area contributed by atoms with Crippen LogP contribution in [0.4, 0.5) is 0 Å². The Morgan fingerprint density at radius 3 is 2.00 bits per heavy atom. The SMILES string of the molecule is CC(=O)NC(OC(C)=O)(C(I)OC(C)=O)C(I)N(I)C(=O)c1ccccc1C(N)=O. The minimum absolute atomic E-state index is 0.00334. The molecular formula is C17H18I3N3O7. The molecule has 3 unspecified atom stereocenters. The fourth-order valence-corrected chi connectivity index (χ4v) is 5.57. The quantitative estimate of drug-likeness (QED) is 0.103. The van der Waals surface area contributed by atoms with Crippen molar-refractivity contribution in [1.29, 1.82) is 0 Å². The maximum absolute atomic E-state index is 13.1. The molecule has 13 heteroatoms. The lowest BCUT2D eigenvalue weighted by atomic mass is 10.1. The maximum Gasteiger partial charge on any atom is 0.305 e. The topological polar surface area (TPSA) is 145 Å². The number of primary amides is 1. The van der Waals surface area contributed by atoms with E-state index in [4.69, 9.17) is 15.2 Å². The van der Waals surface area contributed by atoms with E-state index in [1.165, 1.54) is 19.1 Å². The van der Waals surface area contributed by atoms with Gasteiger partial charge in [0.05, 0.1) is 34.0 Å². The van der Waals surface area contributed by atoms with E-state index >= 15 is 0 Å². The number of nitrogens with one attached hydrogen (secondary N) is 1. The Morgan fingerprint density at radius 2 is 1.57 bits per heavy atom. The van der Waals surface area contributed by atoms with Crippen molar-refractivity contribution in [2.75, 3.05) is 0 Å². The third kappa shape index (κ3) is 6.63. The number of carbonyl (C=O) groups excluding carboxylic acids is 5. The summed E-state index contributed by atoms with van der Waals surface area (Å²) in [5.74, 6) is -3.51.